The van der Waals surface area contributed by atoms with Gasteiger partial charge in [0.05, 0.1) is 30.9 Å². The molecule has 0 saturated carbocycles. The Labute approximate surface area is 209 Å². The Morgan fingerprint density at radius 2 is 1.58 bits per heavy atom. The fourth-order valence-corrected chi connectivity index (χ4v) is 3.91. The van der Waals surface area contributed by atoms with Crippen molar-refractivity contribution in [3.63, 3.8) is 0 Å². The molecule has 0 aromatic heterocycles. The van der Waals surface area contributed by atoms with Crippen LogP contribution in [0.2, 0.25) is 0 Å². The number of carbonyl (C=O) groups excluding carboxylic acids is 2. The number of benzene rings is 3. The first-order chi connectivity index (χ1) is 17.5. The predicted molar refractivity (Wildman–Crippen MR) is 136 cm³/mol. The largest absolute Gasteiger partial charge is 0.394 e. The van der Waals surface area contributed by atoms with E-state index in [-0.39, 0.29) is 24.6 Å². The number of halogens is 1. The Balaban J connectivity index is 1.25. The average Bonchev–Trinajstić information content (AvgIpc) is 2.90. The molecule has 3 aromatic rings. The second-order valence-corrected chi connectivity index (χ2v) is 8.43. The second-order valence-electron chi connectivity index (χ2n) is 8.43. The van der Waals surface area contributed by atoms with E-state index in [2.05, 4.69) is 16.0 Å². The maximum absolute atomic E-state index is 13.7. The van der Waals surface area contributed by atoms with Crippen molar-refractivity contribution >= 4 is 17.6 Å². The summed E-state index contributed by atoms with van der Waals surface area (Å²) in [4.78, 5) is 24.7. The summed E-state index contributed by atoms with van der Waals surface area (Å²) in [5, 5.41) is 17.7. The SMILES string of the molecule is O=C(C[C@@H]1C=C[C@H](NC(=O)Nc2ccccc2F)[C@@H](CO)O1)NCc1ccc(-c2ccccc2)cc1. The maximum atomic E-state index is 13.7. The molecule has 4 N–H and O–H groups in total. The van der Waals surface area contributed by atoms with Gasteiger partial charge >= 0.3 is 6.03 Å². The summed E-state index contributed by atoms with van der Waals surface area (Å²) in [6, 6.07) is 22.6. The molecular formula is C28H28FN3O4. The van der Waals surface area contributed by atoms with Crippen molar-refractivity contribution in [2.75, 3.05) is 11.9 Å². The summed E-state index contributed by atoms with van der Waals surface area (Å²) in [6.07, 6.45) is 2.13. The summed E-state index contributed by atoms with van der Waals surface area (Å²) in [6.45, 7) is 0.0228. The van der Waals surface area contributed by atoms with Crippen LogP contribution in [0.4, 0.5) is 14.9 Å². The van der Waals surface area contributed by atoms with Gasteiger partial charge in [0, 0.05) is 6.54 Å². The first-order valence-electron chi connectivity index (χ1n) is 11.7. The zero-order valence-electron chi connectivity index (χ0n) is 19.6. The lowest BCUT2D eigenvalue weighted by Gasteiger charge is -2.31. The molecule has 0 spiro atoms. The number of nitrogens with one attached hydrogen (secondary N) is 3. The van der Waals surface area contributed by atoms with Crippen molar-refractivity contribution < 1.29 is 23.8 Å². The highest BCUT2D eigenvalue weighted by atomic mass is 19.1. The minimum atomic E-state index is -0.746. The van der Waals surface area contributed by atoms with Gasteiger partial charge in [-0.3, -0.25) is 4.79 Å². The number of para-hydroxylation sites is 1. The van der Waals surface area contributed by atoms with E-state index in [9.17, 15) is 19.1 Å². The predicted octanol–water partition coefficient (Wildman–Crippen LogP) is 4.01. The van der Waals surface area contributed by atoms with Crippen molar-refractivity contribution in [2.24, 2.45) is 0 Å². The molecule has 3 amide bonds. The molecule has 186 valence electrons. The molecule has 0 aliphatic carbocycles. The number of hydrogen-bond donors (Lipinski definition) is 4. The highest BCUT2D eigenvalue weighted by molar-refractivity contribution is 5.89. The molecule has 0 bridgehead atoms. The highest BCUT2D eigenvalue weighted by Gasteiger charge is 2.29. The number of amides is 3. The van der Waals surface area contributed by atoms with Crippen LogP contribution in [0.25, 0.3) is 11.1 Å². The van der Waals surface area contributed by atoms with E-state index < -0.39 is 30.1 Å². The number of aliphatic hydroxyl groups excluding tert-OH is 1. The normalized spacial score (nSPS) is 18.9. The Bertz CT molecular complexity index is 1200. The smallest absolute Gasteiger partial charge is 0.319 e. The lowest BCUT2D eigenvalue weighted by molar-refractivity contribution is -0.125. The summed E-state index contributed by atoms with van der Waals surface area (Å²) in [5.74, 6) is -0.753. The standard InChI is InChI=1S/C28H28FN3O4/c29-23-8-4-5-9-24(23)31-28(35)32-25-15-14-22(36-26(25)18-33)16-27(34)30-17-19-10-12-21(13-11-19)20-6-2-1-3-7-20/h1-15,22,25-26,33H,16-18H2,(H,30,34)(H2,31,32,35)/t22-,25-,26+/m0/s1. The van der Waals surface area contributed by atoms with Gasteiger partial charge in [-0.25, -0.2) is 9.18 Å². The lowest BCUT2D eigenvalue weighted by Crippen LogP contribution is -2.50. The third-order valence-electron chi connectivity index (χ3n) is 5.82. The van der Waals surface area contributed by atoms with Gasteiger partial charge in [-0.1, -0.05) is 78.9 Å². The molecule has 0 fully saturated rings. The van der Waals surface area contributed by atoms with Crippen LogP contribution in [0.3, 0.4) is 0 Å². The van der Waals surface area contributed by atoms with Crippen LogP contribution in [-0.2, 0) is 16.1 Å². The molecule has 7 nitrogen and oxygen atoms in total. The molecule has 8 heteroatoms. The van der Waals surface area contributed by atoms with E-state index in [1.54, 1.807) is 18.2 Å². The van der Waals surface area contributed by atoms with E-state index in [0.29, 0.717) is 6.54 Å². The van der Waals surface area contributed by atoms with Crippen LogP contribution < -0.4 is 16.0 Å². The first-order valence-corrected chi connectivity index (χ1v) is 11.7. The minimum Gasteiger partial charge on any atom is -0.394 e. The van der Waals surface area contributed by atoms with Gasteiger partial charge in [-0.05, 0) is 28.8 Å². The first kappa shape index (κ1) is 25.1. The van der Waals surface area contributed by atoms with Gasteiger partial charge in [-0.15, -0.1) is 0 Å². The van der Waals surface area contributed by atoms with Crippen molar-refractivity contribution in [3.05, 3.63) is 102 Å². The number of hydrogen-bond acceptors (Lipinski definition) is 4. The van der Waals surface area contributed by atoms with Gasteiger partial charge in [0.2, 0.25) is 5.91 Å². The maximum Gasteiger partial charge on any atom is 0.319 e. The van der Waals surface area contributed by atoms with Gasteiger partial charge in [0.1, 0.15) is 11.9 Å². The van der Waals surface area contributed by atoms with Crippen molar-refractivity contribution in [2.45, 2.75) is 31.2 Å². The Kier molecular flexibility index (Phi) is 8.44. The topological polar surface area (TPSA) is 99.7 Å². The lowest BCUT2D eigenvalue weighted by atomic mass is 10.0. The molecule has 3 aromatic carbocycles. The van der Waals surface area contributed by atoms with Gasteiger partial charge in [0.15, 0.2) is 0 Å². The van der Waals surface area contributed by atoms with E-state index in [0.717, 1.165) is 16.7 Å². The third kappa shape index (κ3) is 6.78. The van der Waals surface area contributed by atoms with Crippen molar-refractivity contribution in [1.29, 1.82) is 0 Å². The molecule has 36 heavy (non-hydrogen) atoms. The number of aliphatic hydroxyl groups is 1. The summed E-state index contributed by atoms with van der Waals surface area (Å²) < 4.78 is 19.5. The van der Waals surface area contributed by atoms with Gasteiger partial charge in [-0.2, -0.15) is 0 Å². The molecule has 4 rings (SSSR count). The molecule has 1 aliphatic heterocycles. The van der Waals surface area contributed by atoms with Crippen LogP contribution in [0, 0.1) is 5.82 Å². The minimum absolute atomic E-state index is 0.0421. The molecule has 0 saturated heterocycles. The molecule has 1 heterocycles. The number of rotatable bonds is 8. The summed E-state index contributed by atoms with van der Waals surface area (Å²) in [7, 11) is 0. The van der Waals surface area contributed by atoms with Crippen molar-refractivity contribution in [3.8, 4) is 11.1 Å². The quantitative estimate of drug-likeness (QED) is 0.360. The zero-order chi connectivity index (χ0) is 25.3. The van der Waals surface area contributed by atoms with Crippen LogP contribution in [0.1, 0.15) is 12.0 Å². The Hall–Kier alpha value is -4.01. The number of ether oxygens (including phenoxy) is 1. The van der Waals surface area contributed by atoms with E-state index >= 15 is 0 Å². The zero-order valence-corrected chi connectivity index (χ0v) is 19.6. The van der Waals surface area contributed by atoms with Crippen LogP contribution in [0.15, 0.2) is 91.0 Å². The number of urea groups is 1. The van der Waals surface area contributed by atoms with Crippen LogP contribution >= 0.6 is 0 Å². The summed E-state index contributed by atoms with van der Waals surface area (Å²) in [5.41, 5.74) is 3.25. The number of anilines is 1. The second kappa shape index (κ2) is 12.1. The van der Waals surface area contributed by atoms with Crippen molar-refractivity contribution in [1.82, 2.24) is 10.6 Å². The Morgan fingerprint density at radius 3 is 2.31 bits per heavy atom. The number of carbonyl (C=O) groups is 2. The monoisotopic (exact) mass is 489 g/mol. The molecule has 3 atom stereocenters. The van der Waals surface area contributed by atoms with E-state index in [1.807, 2.05) is 54.6 Å². The highest BCUT2D eigenvalue weighted by Crippen LogP contribution is 2.20. The molecule has 0 radical (unpaired) electrons. The summed E-state index contributed by atoms with van der Waals surface area (Å²) >= 11 is 0. The molecular weight excluding hydrogens is 461 g/mol. The van der Waals surface area contributed by atoms with Crippen LogP contribution in [0.5, 0.6) is 0 Å². The van der Waals surface area contributed by atoms with E-state index in [4.69, 9.17) is 4.74 Å². The molecule has 0 unspecified atom stereocenters. The molecule has 1 aliphatic rings. The fourth-order valence-electron chi connectivity index (χ4n) is 3.91. The average molecular weight is 490 g/mol. The van der Waals surface area contributed by atoms with Gasteiger partial charge < -0.3 is 25.8 Å². The third-order valence-corrected chi connectivity index (χ3v) is 5.82. The van der Waals surface area contributed by atoms with E-state index in [1.165, 1.54) is 18.2 Å². The Morgan fingerprint density at radius 1 is 0.889 bits per heavy atom. The van der Waals surface area contributed by atoms with Gasteiger partial charge in [0.25, 0.3) is 0 Å². The van der Waals surface area contributed by atoms with Crippen LogP contribution in [-0.4, -0.2) is 41.9 Å². The fraction of sp³-hybridized carbons (Fsp3) is 0.214.